The molecule has 0 N–H and O–H groups in total. The number of aromatic nitrogens is 1. The van der Waals surface area contributed by atoms with Crippen molar-refractivity contribution in [2.45, 2.75) is 13.8 Å². The first kappa shape index (κ1) is 10.6. The van der Waals surface area contributed by atoms with E-state index in [1.54, 1.807) is 6.07 Å². The van der Waals surface area contributed by atoms with E-state index in [-0.39, 0.29) is 0 Å². The highest BCUT2D eigenvalue weighted by Crippen LogP contribution is 2.24. The first-order chi connectivity index (χ1) is 6.09. The molecule has 1 aromatic rings. The van der Waals surface area contributed by atoms with Crippen molar-refractivity contribution in [3.05, 3.63) is 22.3 Å². The number of pyridine rings is 1. The van der Waals surface area contributed by atoms with Gasteiger partial charge in [0, 0.05) is 6.20 Å². The third-order valence-electron chi connectivity index (χ3n) is 1.33. The van der Waals surface area contributed by atoms with Crippen molar-refractivity contribution in [1.82, 2.24) is 4.98 Å². The van der Waals surface area contributed by atoms with Crippen LogP contribution in [0.25, 0.3) is 0 Å². The van der Waals surface area contributed by atoms with E-state index >= 15 is 0 Å². The number of hydrogen-bond donors (Lipinski definition) is 0. The summed E-state index contributed by atoms with van der Waals surface area (Å²) in [6.07, 6.45) is 1.52. The van der Waals surface area contributed by atoms with Crippen LogP contribution in [0.15, 0.2) is 12.3 Å². The minimum atomic E-state index is 0.444. The van der Waals surface area contributed by atoms with E-state index in [1.807, 2.05) is 0 Å². The maximum atomic E-state index is 5.84. The van der Waals surface area contributed by atoms with E-state index in [4.69, 9.17) is 27.9 Å². The topological polar surface area (TPSA) is 22.1 Å². The number of hydrogen-bond acceptors (Lipinski definition) is 2. The predicted molar refractivity (Wildman–Crippen MR) is 54.6 cm³/mol. The van der Waals surface area contributed by atoms with E-state index in [1.165, 1.54) is 6.20 Å². The molecule has 0 unspecified atom stereocenters. The monoisotopic (exact) mass is 219 g/mol. The highest BCUT2D eigenvalue weighted by molar-refractivity contribution is 6.35. The van der Waals surface area contributed by atoms with Gasteiger partial charge in [0.05, 0.1) is 11.6 Å². The fourth-order valence-corrected chi connectivity index (χ4v) is 1.19. The molecule has 0 atom stereocenters. The second kappa shape index (κ2) is 4.68. The van der Waals surface area contributed by atoms with Gasteiger partial charge in [-0.25, -0.2) is 4.98 Å². The molecule has 0 aliphatic heterocycles. The second-order valence-corrected chi connectivity index (χ2v) is 3.99. The van der Waals surface area contributed by atoms with Crippen molar-refractivity contribution in [1.29, 1.82) is 0 Å². The van der Waals surface area contributed by atoms with Crippen LogP contribution in [0.5, 0.6) is 5.88 Å². The smallest absolute Gasteiger partial charge is 0.232 e. The van der Waals surface area contributed by atoms with Gasteiger partial charge in [0.2, 0.25) is 5.88 Å². The Labute approximate surface area is 87.8 Å². The summed E-state index contributed by atoms with van der Waals surface area (Å²) < 4.78 is 5.35. The molecule has 0 aliphatic carbocycles. The summed E-state index contributed by atoms with van der Waals surface area (Å²) in [6, 6.07) is 1.62. The van der Waals surface area contributed by atoms with Gasteiger partial charge >= 0.3 is 0 Å². The fourth-order valence-electron chi connectivity index (χ4n) is 0.754. The van der Waals surface area contributed by atoms with Gasteiger partial charge in [-0.05, 0) is 12.0 Å². The van der Waals surface area contributed by atoms with Crippen molar-refractivity contribution in [3.8, 4) is 5.88 Å². The minimum Gasteiger partial charge on any atom is -0.476 e. The molecule has 1 heterocycles. The molecule has 0 bridgehead atoms. The van der Waals surface area contributed by atoms with Gasteiger partial charge in [0.15, 0.2) is 0 Å². The first-order valence-corrected chi connectivity index (χ1v) is 4.79. The Hall–Kier alpha value is -0.470. The molecule has 0 saturated carbocycles. The molecule has 0 radical (unpaired) electrons. The Morgan fingerprint density at radius 2 is 2.15 bits per heavy atom. The molecule has 0 saturated heterocycles. The summed E-state index contributed by atoms with van der Waals surface area (Å²) in [5.41, 5.74) is 0. The van der Waals surface area contributed by atoms with E-state index in [9.17, 15) is 0 Å². The van der Waals surface area contributed by atoms with Gasteiger partial charge < -0.3 is 4.74 Å². The Kier molecular flexibility index (Phi) is 3.82. The zero-order valence-corrected chi connectivity index (χ0v) is 9.06. The van der Waals surface area contributed by atoms with E-state index in [0.717, 1.165) is 0 Å². The van der Waals surface area contributed by atoms with Crippen LogP contribution in [0, 0.1) is 5.92 Å². The number of ether oxygens (including phenoxy) is 1. The minimum absolute atomic E-state index is 0.444. The average Bonchev–Trinajstić information content (AvgIpc) is 2.02. The van der Waals surface area contributed by atoms with Gasteiger partial charge in [0.25, 0.3) is 0 Å². The molecule has 13 heavy (non-hydrogen) atoms. The van der Waals surface area contributed by atoms with Gasteiger partial charge in [-0.3, -0.25) is 0 Å². The first-order valence-electron chi connectivity index (χ1n) is 4.03. The van der Waals surface area contributed by atoms with Crippen LogP contribution in [0.2, 0.25) is 10.0 Å². The van der Waals surface area contributed by atoms with Gasteiger partial charge in [0.1, 0.15) is 5.02 Å². The molecule has 0 spiro atoms. The molecule has 0 fully saturated rings. The molecule has 0 aliphatic rings. The Morgan fingerprint density at radius 1 is 1.46 bits per heavy atom. The quantitative estimate of drug-likeness (QED) is 0.778. The van der Waals surface area contributed by atoms with Crippen LogP contribution in [0.3, 0.4) is 0 Å². The fraction of sp³-hybridized carbons (Fsp3) is 0.444. The maximum absolute atomic E-state index is 5.84. The average molecular weight is 220 g/mol. The van der Waals surface area contributed by atoms with Gasteiger partial charge in [-0.1, -0.05) is 37.0 Å². The molecular formula is C9H11Cl2NO. The summed E-state index contributed by atoms with van der Waals surface area (Å²) in [7, 11) is 0. The van der Waals surface area contributed by atoms with Crippen molar-refractivity contribution in [3.63, 3.8) is 0 Å². The molecule has 1 aromatic heterocycles. The summed E-state index contributed by atoms with van der Waals surface area (Å²) in [4.78, 5) is 3.96. The van der Waals surface area contributed by atoms with E-state index in [0.29, 0.717) is 28.5 Å². The predicted octanol–water partition coefficient (Wildman–Crippen LogP) is 3.42. The zero-order valence-electron chi connectivity index (χ0n) is 7.55. The highest BCUT2D eigenvalue weighted by atomic mass is 35.5. The van der Waals surface area contributed by atoms with Crippen LogP contribution in [0.1, 0.15) is 13.8 Å². The number of halogens is 2. The van der Waals surface area contributed by atoms with Crippen LogP contribution in [-0.2, 0) is 0 Å². The molecule has 0 amide bonds. The Bertz CT molecular complexity index is 289. The Balaban J connectivity index is 2.67. The standard InChI is InChI=1S/C9H11Cl2NO/c1-6(2)5-13-9-8(11)3-7(10)4-12-9/h3-4,6H,5H2,1-2H3. The number of rotatable bonds is 3. The van der Waals surface area contributed by atoms with Gasteiger partial charge in [-0.2, -0.15) is 0 Å². The molecule has 72 valence electrons. The van der Waals surface area contributed by atoms with Crippen molar-refractivity contribution in [2.24, 2.45) is 5.92 Å². The summed E-state index contributed by atoms with van der Waals surface area (Å²) in [5.74, 6) is 0.897. The second-order valence-electron chi connectivity index (χ2n) is 3.15. The van der Waals surface area contributed by atoms with Crippen LogP contribution in [-0.4, -0.2) is 11.6 Å². The molecule has 2 nitrogen and oxygen atoms in total. The maximum Gasteiger partial charge on any atom is 0.232 e. The lowest BCUT2D eigenvalue weighted by Crippen LogP contribution is -2.05. The van der Waals surface area contributed by atoms with E-state index in [2.05, 4.69) is 18.8 Å². The molecule has 4 heteroatoms. The lowest BCUT2D eigenvalue weighted by Gasteiger charge is -2.08. The van der Waals surface area contributed by atoms with E-state index < -0.39 is 0 Å². The largest absolute Gasteiger partial charge is 0.476 e. The summed E-state index contributed by atoms with van der Waals surface area (Å²) >= 11 is 11.5. The lowest BCUT2D eigenvalue weighted by molar-refractivity contribution is 0.261. The lowest BCUT2D eigenvalue weighted by atomic mass is 10.2. The zero-order chi connectivity index (χ0) is 9.84. The van der Waals surface area contributed by atoms with Crippen LogP contribution < -0.4 is 4.74 Å². The SMILES string of the molecule is CC(C)COc1ncc(Cl)cc1Cl. The van der Waals surface area contributed by atoms with Crippen molar-refractivity contribution in [2.75, 3.05) is 6.61 Å². The van der Waals surface area contributed by atoms with Crippen LogP contribution in [0.4, 0.5) is 0 Å². The summed E-state index contributed by atoms with van der Waals surface area (Å²) in [5, 5.41) is 0.968. The van der Waals surface area contributed by atoms with Crippen molar-refractivity contribution >= 4 is 23.2 Å². The third-order valence-corrected chi connectivity index (χ3v) is 1.80. The normalized spacial score (nSPS) is 10.5. The van der Waals surface area contributed by atoms with Gasteiger partial charge in [-0.15, -0.1) is 0 Å². The summed E-state index contributed by atoms with van der Waals surface area (Å²) in [6.45, 7) is 4.72. The molecular weight excluding hydrogens is 209 g/mol. The molecule has 0 aromatic carbocycles. The third kappa shape index (κ3) is 3.41. The number of nitrogens with zero attached hydrogens (tertiary/aromatic N) is 1. The van der Waals surface area contributed by atoms with Crippen LogP contribution >= 0.6 is 23.2 Å². The molecule has 1 rings (SSSR count). The Morgan fingerprint density at radius 3 is 2.69 bits per heavy atom. The highest BCUT2D eigenvalue weighted by Gasteiger charge is 2.04. The van der Waals surface area contributed by atoms with Crippen molar-refractivity contribution < 1.29 is 4.74 Å².